The zero-order valence-corrected chi connectivity index (χ0v) is 19.0. The summed E-state index contributed by atoms with van der Waals surface area (Å²) in [4.78, 5) is 0. The molecule has 160 valence electrons. The lowest BCUT2D eigenvalue weighted by Gasteiger charge is -2.28. The van der Waals surface area contributed by atoms with Crippen molar-refractivity contribution >= 4 is 0 Å². The number of aromatic nitrogens is 1. The Morgan fingerprint density at radius 1 is 1.13 bits per heavy atom. The average molecular weight is 417 g/mol. The number of aryl methyl sites for hydroxylation is 2. The summed E-state index contributed by atoms with van der Waals surface area (Å²) in [5.41, 5.74) is 8.29. The van der Waals surface area contributed by atoms with E-state index in [-0.39, 0.29) is 6.04 Å². The molecule has 2 heterocycles. The number of ether oxygens (including phenoxy) is 2. The molecule has 0 spiro atoms. The van der Waals surface area contributed by atoms with Crippen molar-refractivity contribution in [2.24, 2.45) is 0 Å². The summed E-state index contributed by atoms with van der Waals surface area (Å²) < 4.78 is 13.7. The van der Waals surface area contributed by atoms with Crippen molar-refractivity contribution < 1.29 is 14.6 Å². The van der Waals surface area contributed by atoms with Crippen molar-refractivity contribution in [3.8, 4) is 45.7 Å². The maximum Gasteiger partial charge on any atom is 0.161 e. The van der Waals surface area contributed by atoms with Gasteiger partial charge in [0.05, 0.1) is 25.0 Å². The third kappa shape index (κ3) is 3.14. The fraction of sp³-hybridized carbons (Fsp3) is 0.346. The Bertz CT molecular complexity index is 1210. The number of methoxy groups -OCH3 is 1. The van der Waals surface area contributed by atoms with Gasteiger partial charge in [0.25, 0.3) is 0 Å². The smallest absolute Gasteiger partial charge is 0.161 e. The van der Waals surface area contributed by atoms with E-state index in [0.717, 1.165) is 56.9 Å². The van der Waals surface area contributed by atoms with Crippen LogP contribution in [-0.2, 0) is 6.42 Å². The van der Waals surface area contributed by atoms with Gasteiger partial charge in [-0.2, -0.15) is 5.26 Å². The number of benzene rings is 2. The van der Waals surface area contributed by atoms with Gasteiger partial charge in [-0.25, -0.2) is 0 Å². The van der Waals surface area contributed by atoms with E-state index in [1.807, 2.05) is 39.0 Å². The van der Waals surface area contributed by atoms with E-state index in [1.54, 1.807) is 7.11 Å². The fourth-order valence-corrected chi connectivity index (χ4v) is 4.91. The molecule has 0 radical (unpaired) electrons. The standard InChI is InChI=1S/C26H28N2O3/c1-7-31-23-11-18-10-16(4)28-17(5)24(19-8-14(2)26(29)15(3)9-19)21(13-27)25(28)20(18)12-22(23)30-6/h8-9,11-12,16,29H,7,10H2,1-6H3. The minimum atomic E-state index is 0.200. The van der Waals surface area contributed by atoms with E-state index in [1.165, 1.54) is 0 Å². The summed E-state index contributed by atoms with van der Waals surface area (Å²) in [7, 11) is 1.64. The molecular weight excluding hydrogens is 388 g/mol. The number of phenols is 1. The summed E-state index contributed by atoms with van der Waals surface area (Å²) in [6.45, 7) is 10.6. The molecule has 4 rings (SSSR count). The van der Waals surface area contributed by atoms with Gasteiger partial charge >= 0.3 is 0 Å². The molecule has 1 unspecified atom stereocenters. The van der Waals surface area contributed by atoms with Crippen LogP contribution in [0.2, 0.25) is 0 Å². The Hall–Kier alpha value is -3.39. The van der Waals surface area contributed by atoms with Gasteiger partial charge in [0.2, 0.25) is 0 Å². The van der Waals surface area contributed by atoms with Crippen LogP contribution >= 0.6 is 0 Å². The molecular formula is C26H28N2O3. The summed E-state index contributed by atoms with van der Waals surface area (Å²) in [6.07, 6.45) is 0.847. The number of aromatic hydroxyl groups is 1. The fourth-order valence-electron chi connectivity index (χ4n) is 4.91. The zero-order chi connectivity index (χ0) is 22.4. The average Bonchev–Trinajstić information content (AvgIpc) is 3.04. The highest BCUT2D eigenvalue weighted by Crippen LogP contribution is 2.47. The molecule has 2 aromatic carbocycles. The van der Waals surface area contributed by atoms with Crippen LogP contribution in [0.1, 0.15) is 47.8 Å². The topological polar surface area (TPSA) is 67.4 Å². The van der Waals surface area contributed by atoms with Crippen LogP contribution in [-0.4, -0.2) is 23.4 Å². The lowest BCUT2D eigenvalue weighted by molar-refractivity contribution is 0.310. The van der Waals surface area contributed by atoms with Crippen molar-refractivity contribution in [3.05, 3.63) is 52.2 Å². The molecule has 0 saturated carbocycles. The van der Waals surface area contributed by atoms with Gasteiger partial charge in [0.1, 0.15) is 11.8 Å². The molecule has 3 aromatic rings. The Labute approximate surface area is 183 Å². The Kier molecular flexibility index (Phi) is 5.18. The molecule has 0 saturated heterocycles. The first-order chi connectivity index (χ1) is 14.8. The van der Waals surface area contributed by atoms with Crippen LogP contribution in [0.25, 0.3) is 22.4 Å². The summed E-state index contributed by atoms with van der Waals surface area (Å²) in [5, 5.41) is 20.5. The Morgan fingerprint density at radius 2 is 1.81 bits per heavy atom. The van der Waals surface area contributed by atoms with Gasteiger partial charge in [0.15, 0.2) is 11.5 Å². The monoisotopic (exact) mass is 416 g/mol. The van der Waals surface area contributed by atoms with E-state index in [9.17, 15) is 10.4 Å². The maximum atomic E-state index is 10.3. The largest absolute Gasteiger partial charge is 0.507 e. The van der Waals surface area contributed by atoms with Crippen LogP contribution in [0.5, 0.6) is 17.2 Å². The lowest BCUT2D eigenvalue weighted by Crippen LogP contribution is -2.17. The second kappa shape index (κ2) is 7.70. The number of nitrogens with zero attached hydrogens (tertiary/aromatic N) is 2. The number of rotatable bonds is 4. The summed E-state index contributed by atoms with van der Waals surface area (Å²) >= 11 is 0. The molecule has 1 atom stereocenters. The van der Waals surface area contributed by atoms with E-state index in [4.69, 9.17) is 9.47 Å². The molecule has 1 N–H and O–H groups in total. The number of hydrogen-bond donors (Lipinski definition) is 1. The molecule has 5 nitrogen and oxygen atoms in total. The van der Waals surface area contributed by atoms with Crippen molar-refractivity contribution in [1.82, 2.24) is 4.57 Å². The molecule has 0 aliphatic carbocycles. The summed E-state index contributed by atoms with van der Waals surface area (Å²) in [6, 6.07) is 10.6. The lowest BCUT2D eigenvalue weighted by atomic mass is 9.91. The van der Waals surface area contributed by atoms with Crippen LogP contribution < -0.4 is 9.47 Å². The predicted molar refractivity (Wildman–Crippen MR) is 122 cm³/mol. The van der Waals surface area contributed by atoms with Gasteiger partial charge in [-0.05, 0) is 87.6 Å². The Balaban J connectivity index is 2.03. The minimum absolute atomic E-state index is 0.200. The van der Waals surface area contributed by atoms with E-state index < -0.39 is 0 Å². The van der Waals surface area contributed by atoms with E-state index in [0.29, 0.717) is 23.7 Å². The van der Waals surface area contributed by atoms with Gasteiger partial charge in [-0.1, -0.05) is 0 Å². The first-order valence-corrected chi connectivity index (χ1v) is 10.6. The SMILES string of the molecule is CCOc1cc2c(cc1OC)-c1c(C#N)c(-c3cc(C)c(O)c(C)c3)c(C)n1C(C)C2. The highest BCUT2D eigenvalue weighted by atomic mass is 16.5. The number of phenolic OH excluding ortho intramolecular Hbond substituents is 1. The van der Waals surface area contributed by atoms with Gasteiger partial charge in [-0.15, -0.1) is 0 Å². The molecule has 5 heteroatoms. The number of fused-ring (bicyclic) bond motifs is 3. The third-order valence-corrected chi connectivity index (χ3v) is 6.24. The number of nitriles is 1. The van der Waals surface area contributed by atoms with Crippen LogP contribution in [0.4, 0.5) is 0 Å². The minimum Gasteiger partial charge on any atom is -0.507 e. The van der Waals surface area contributed by atoms with Crippen molar-refractivity contribution in [3.63, 3.8) is 0 Å². The van der Waals surface area contributed by atoms with Crippen LogP contribution in [0, 0.1) is 32.1 Å². The molecule has 1 aliphatic heterocycles. The maximum absolute atomic E-state index is 10.3. The molecule has 0 fully saturated rings. The second-order valence-electron chi connectivity index (χ2n) is 8.27. The van der Waals surface area contributed by atoms with Crippen molar-refractivity contribution in [1.29, 1.82) is 5.26 Å². The second-order valence-corrected chi connectivity index (χ2v) is 8.27. The first kappa shape index (κ1) is 20.9. The van der Waals surface area contributed by atoms with Crippen LogP contribution in [0.15, 0.2) is 24.3 Å². The highest BCUT2D eigenvalue weighted by Gasteiger charge is 2.31. The normalized spacial score (nSPS) is 14.5. The van der Waals surface area contributed by atoms with E-state index >= 15 is 0 Å². The zero-order valence-electron chi connectivity index (χ0n) is 19.0. The molecule has 31 heavy (non-hydrogen) atoms. The van der Waals surface area contributed by atoms with Crippen molar-refractivity contribution in [2.45, 2.75) is 47.1 Å². The van der Waals surface area contributed by atoms with Gasteiger partial charge in [0, 0.05) is 22.9 Å². The van der Waals surface area contributed by atoms with E-state index in [2.05, 4.69) is 30.6 Å². The molecule has 0 amide bonds. The molecule has 1 aromatic heterocycles. The Morgan fingerprint density at radius 3 is 2.39 bits per heavy atom. The van der Waals surface area contributed by atoms with Crippen molar-refractivity contribution in [2.75, 3.05) is 13.7 Å². The third-order valence-electron chi connectivity index (χ3n) is 6.24. The van der Waals surface area contributed by atoms with Gasteiger partial charge in [-0.3, -0.25) is 0 Å². The van der Waals surface area contributed by atoms with Gasteiger partial charge < -0.3 is 19.1 Å². The number of hydrogen-bond acceptors (Lipinski definition) is 4. The quantitative estimate of drug-likeness (QED) is 0.579. The summed E-state index contributed by atoms with van der Waals surface area (Å²) in [5.74, 6) is 1.70. The highest BCUT2D eigenvalue weighted by molar-refractivity contribution is 5.87. The first-order valence-electron chi connectivity index (χ1n) is 10.6. The predicted octanol–water partition coefficient (Wildman–Crippen LogP) is 5.85. The molecule has 1 aliphatic rings. The molecule has 0 bridgehead atoms. The van der Waals surface area contributed by atoms with Crippen LogP contribution in [0.3, 0.4) is 0 Å².